The van der Waals surface area contributed by atoms with Gasteiger partial charge in [0.1, 0.15) is 5.82 Å². The minimum atomic E-state index is 0.117. The Hall–Kier alpha value is -1.61. The first-order valence-corrected chi connectivity index (χ1v) is 7.39. The molecule has 2 aromatic rings. The first-order chi connectivity index (χ1) is 9.70. The fourth-order valence-corrected chi connectivity index (χ4v) is 2.79. The number of hydrogen-bond acceptors (Lipinski definition) is 4. The molecule has 0 aromatic carbocycles. The van der Waals surface area contributed by atoms with E-state index in [2.05, 4.69) is 34.2 Å². The number of nitrogens with zero attached hydrogens (tertiary/aromatic N) is 3. The zero-order chi connectivity index (χ0) is 14.4. The molecule has 20 heavy (non-hydrogen) atoms. The van der Waals surface area contributed by atoms with Crippen molar-refractivity contribution in [2.75, 3.05) is 13.7 Å². The van der Waals surface area contributed by atoms with Crippen molar-refractivity contribution in [3.63, 3.8) is 0 Å². The molecule has 0 aliphatic rings. The van der Waals surface area contributed by atoms with E-state index >= 15 is 0 Å². The van der Waals surface area contributed by atoms with Crippen molar-refractivity contribution in [2.45, 2.75) is 19.5 Å². The van der Waals surface area contributed by atoms with Crippen LogP contribution in [0.2, 0.25) is 0 Å². The van der Waals surface area contributed by atoms with E-state index in [0.717, 1.165) is 24.5 Å². The van der Waals surface area contributed by atoms with Crippen LogP contribution in [0.1, 0.15) is 22.7 Å². The average Bonchev–Trinajstić information content (AvgIpc) is 3.01. The van der Waals surface area contributed by atoms with Crippen LogP contribution in [-0.2, 0) is 20.1 Å². The molecule has 2 rings (SSSR count). The van der Waals surface area contributed by atoms with Crippen LogP contribution in [0.5, 0.6) is 0 Å². The summed E-state index contributed by atoms with van der Waals surface area (Å²) in [6, 6.07) is 2.04. The largest absolute Gasteiger partial charge is 0.395 e. The highest BCUT2D eigenvalue weighted by molar-refractivity contribution is 7.10. The van der Waals surface area contributed by atoms with Crippen LogP contribution in [0.4, 0.5) is 0 Å². The van der Waals surface area contributed by atoms with E-state index in [9.17, 15) is 0 Å². The Morgan fingerprint density at radius 3 is 3.00 bits per heavy atom. The summed E-state index contributed by atoms with van der Waals surface area (Å²) in [5, 5.41) is 10.8. The summed E-state index contributed by atoms with van der Waals surface area (Å²) in [6.07, 6.45) is 4.30. The summed E-state index contributed by atoms with van der Waals surface area (Å²) in [6.45, 7) is 1.78. The van der Waals surface area contributed by atoms with E-state index in [1.54, 1.807) is 11.3 Å². The SMILES string of the molecule is CN(Cc1sccc1C#CCCO)Cc1nccn1C. The Kier molecular flexibility index (Phi) is 5.36. The Balaban J connectivity index is 1.98. The summed E-state index contributed by atoms with van der Waals surface area (Å²) in [5.74, 6) is 7.15. The molecule has 0 radical (unpaired) electrons. The lowest BCUT2D eigenvalue weighted by atomic mass is 10.2. The van der Waals surface area contributed by atoms with Crippen LogP contribution >= 0.6 is 11.3 Å². The van der Waals surface area contributed by atoms with Crippen LogP contribution in [0, 0.1) is 11.8 Å². The van der Waals surface area contributed by atoms with E-state index in [0.29, 0.717) is 6.42 Å². The maximum atomic E-state index is 8.76. The monoisotopic (exact) mass is 289 g/mol. The zero-order valence-corrected chi connectivity index (χ0v) is 12.7. The molecule has 0 aliphatic heterocycles. The predicted molar refractivity (Wildman–Crippen MR) is 81.3 cm³/mol. The van der Waals surface area contributed by atoms with Gasteiger partial charge in [0.2, 0.25) is 0 Å². The van der Waals surface area contributed by atoms with Crippen molar-refractivity contribution in [1.82, 2.24) is 14.5 Å². The minimum absolute atomic E-state index is 0.117. The van der Waals surface area contributed by atoms with E-state index < -0.39 is 0 Å². The molecule has 0 fully saturated rings. The Bertz CT molecular complexity index is 606. The van der Waals surface area contributed by atoms with E-state index in [1.165, 1.54) is 4.88 Å². The standard InChI is InChI=1S/C15H19N3OS/c1-17(12-15-16-7-8-18(15)2)11-14-13(6-10-20-14)5-3-4-9-19/h6-8,10,19H,4,9,11-12H2,1-2H3. The maximum Gasteiger partial charge on any atom is 0.122 e. The first kappa shape index (κ1) is 14.8. The van der Waals surface area contributed by atoms with Crippen LogP contribution in [0.15, 0.2) is 23.8 Å². The summed E-state index contributed by atoms with van der Waals surface area (Å²) in [4.78, 5) is 7.82. The van der Waals surface area contributed by atoms with Crippen molar-refractivity contribution in [3.05, 3.63) is 40.1 Å². The quantitative estimate of drug-likeness (QED) is 0.854. The normalized spacial score (nSPS) is 10.6. The van der Waals surface area contributed by atoms with Gasteiger partial charge in [0, 0.05) is 42.8 Å². The van der Waals surface area contributed by atoms with Gasteiger partial charge in [-0.2, -0.15) is 0 Å². The molecule has 0 atom stereocenters. The third-order valence-electron chi connectivity index (χ3n) is 2.95. The van der Waals surface area contributed by atoms with Gasteiger partial charge in [-0.3, -0.25) is 4.90 Å². The zero-order valence-electron chi connectivity index (χ0n) is 11.8. The van der Waals surface area contributed by atoms with Crippen molar-refractivity contribution in [1.29, 1.82) is 0 Å². The molecule has 0 amide bonds. The summed E-state index contributed by atoms with van der Waals surface area (Å²) >= 11 is 1.72. The molecule has 2 heterocycles. The third-order valence-corrected chi connectivity index (χ3v) is 3.86. The van der Waals surface area contributed by atoms with Gasteiger partial charge in [0.05, 0.1) is 13.2 Å². The van der Waals surface area contributed by atoms with Gasteiger partial charge in [0.15, 0.2) is 0 Å². The van der Waals surface area contributed by atoms with Gasteiger partial charge < -0.3 is 9.67 Å². The molecule has 0 saturated heterocycles. The molecule has 0 unspecified atom stereocenters. The minimum Gasteiger partial charge on any atom is -0.395 e. The second-order valence-corrected chi connectivity index (χ2v) is 5.66. The van der Waals surface area contributed by atoms with Crippen molar-refractivity contribution in [3.8, 4) is 11.8 Å². The molecule has 0 saturated carbocycles. The van der Waals surface area contributed by atoms with Gasteiger partial charge >= 0.3 is 0 Å². The van der Waals surface area contributed by atoms with Crippen LogP contribution < -0.4 is 0 Å². The molecular formula is C15H19N3OS. The second-order valence-electron chi connectivity index (χ2n) is 4.66. The van der Waals surface area contributed by atoms with Crippen molar-refractivity contribution in [2.24, 2.45) is 7.05 Å². The number of rotatable bonds is 5. The Morgan fingerprint density at radius 2 is 2.30 bits per heavy atom. The number of imidazole rings is 1. The fourth-order valence-electron chi connectivity index (χ4n) is 1.88. The van der Waals surface area contributed by atoms with Gasteiger partial charge in [-0.1, -0.05) is 11.8 Å². The lowest BCUT2D eigenvalue weighted by Gasteiger charge is -2.15. The first-order valence-electron chi connectivity index (χ1n) is 6.51. The number of aryl methyl sites for hydroxylation is 1. The molecule has 1 N–H and O–H groups in total. The van der Waals surface area contributed by atoms with Crippen LogP contribution in [0.3, 0.4) is 0 Å². The number of thiophene rings is 1. The highest BCUT2D eigenvalue weighted by Gasteiger charge is 2.08. The molecule has 5 heteroatoms. The second kappa shape index (κ2) is 7.25. The average molecular weight is 289 g/mol. The van der Waals surface area contributed by atoms with Gasteiger partial charge in [-0.05, 0) is 18.5 Å². The molecule has 0 bridgehead atoms. The maximum absolute atomic E-state index is 8.76. The molecule has 106 valence electrons. The summed E-state index contributed by atoms with van der Waals surface area (Å²) in [5.41, 5.74) is 1.06. The summed E-state index contributed by atoms with van der Waals surface area (Å²) in [7, 11) is 4.09. The molecular weight excluding hydrogens is 270 g/mol. The number of hydrogen-bond donors (Lipinski definition) is 1. The Labute approximate surface area is 123 Å². The molecule has 4 nitrogen and oxygen atoms in total. The molecule has 2 aromatic heterocycles. The highest BCUT2D eigenvalue weighted by Crippen LogP contribution is 2.18. The van der Waals surface area contributed by atoms with Gasteiger partial charge in [-0.25, -0.2) is 4.98 Å². The van der Waals surface area contributed by atoms with E-state index in [4.69, 9.17) is 5.11 Å². The number of aliphatic hydroxyl groups excluding tert-OH is 1. The third kappa shape index (κ3) is 3.94. The van der Waals surface area contributed by atoms with Gasteiger partial charge in [0.25, 0.3) is 0 Å². The Morgan fingerprint density at radius 1 is 1.45 bits per heavy atom. The smallest absolute Gasteiger partial charge is 0.122 e. The van der Waals surface area contributed by atoms with Gasteiger partial charge in [-0.15, -0.1) is 11.3 Å². The van der Waals surface area contributed by atoms with Crippen molar-refractivity contribution < 1.29 is 5.11 Å². The predicted octanol–water partition coefficient (Wildman–Crippen LogP) is 1.85. The number of aliphatic hydroxyl groups is 1. The lowest BCUT2D eigenvalue weighted by molar-refractivity contribution is 0.305. The molecule has 0 spiro atoms. The number of aromatic nitrogens is 2. The van der Waals surface area contributed by atoms with Crippen LogP contribution in [-0.4, -0.2) is 33.2 Å². The molecule has 0 aliphatic carbocycles. The summed E-state index contributed by atoms with van der Waals surface area (Å²) < 4.78 is 2.03. The van der Waals surface area contributed by atoms with E-state index in [-0.39, 0.29) is 6.61 Å². The highest BCUT2D eigenvalue weighted by atomic mass is 32.1. The topological polar surface area (TPSA) is 41.3 Å². The van der Waals surface area contributed by atoms with Crippen LogP contribution in [0.25, 0.3) is 0 Å². The lowest BCUT2D eigenvalue weighted by Crippen LogP contribution is -2.19. The fraction of sp³-hybridized carbons (Fsp3) is 0.400. The van der Waals surface area contributed by atoms with Crippen molar-refractivity contribution >= 4 is 11.3 Å². The van der Waals surface area contributed by atoms with E-state index in [1.807, 2.05) is 30.1 Å².